The molecule has 0 fully saturated rings. The first-order chi connectivity index (χ1) is 12.7. The van der Waals surface area contributed by atoms with Crippen LogP contribution in [0.5, 0.6) is 0 Å². The van der Waals surface area contributed by atoms with Crippen LogP contribution in [0.3, 0.4) is 0 Å². The Morgan fingerprint density at radius 2 is 2.19 bits per heavy atom. The first-order valence-corrected chi connectivity index (χ1v) is 9.44. The zero-order valence-electron chi connectivity index (χ0n) is 13.3. The zero-order valence-corrected chi connectivity index (χ0v) is 16.5. The van der Waals surface area contributed by atoms with E-state index in [0.717, 1.165) is 8.80 Å². The topological polar surface area (TPSA) is 66.8 Å². The highest BCUT2D eigenvalue weighted by Gasteiger charge is 2.44. The van der Waals surface area contributed by atoms with Crippen molar-refractivity contribution < 1.29 is 22.7 Å². The summed E-state index contributed by atoms with van der Waals surface area (Å²) in [7, 11) is 0. The number of aromatic nitrogens is 1. The molecule has 1 N–H and O–H groups in total. The van der Waals surface area contributed by atoms with Gasteiger partial charge in [0, 0.05) is 6.42 Å². The van der Waals surface area contributed by atoms with Gasteiger partial charge in [-0.15, -0.1) is 0 Å². The molecule has 2 aromatic rings. The van der Waals surface area contributed by atoms with E-state index in [0.29, 0.717) is 5.13 Å². The zero-order chi connectivity index (χ0) is 19.6. The molecule has 1 amide bonds. The summed E-state index contributed by atoms with van der Waals surface area (Å²) in [4.78, 5) is 15.9. The molecule has 0 radical (unpaired) electrons. The van der Waals surface area contributed by atoms with Gasteiger partial charge in [0.2, 0.25) is 0 Å². The third kappa shape index (κ3) is 4.98. The van der Waals surface area contributed by atoms with Crippen LogP contribution in [-0.4, -0.2) is 35.6 Å². The molecule has 6 nitrogen and oxygen atoms in total. The number of hydrogen-bond acceptors (Lipinski definition) is 6. The van der Waals surface area contributed by atoms with E-state index in [4.69, 9.17) is 16.3 Å². The molecule has 0 saturated carbocycles. The van der Waals surface area contributed by atoms with Gasteiger partial charge in [-0.3, -0.25) is 10.1 Å². The molecule has 1 aromatic heterocycles. The van der Waals surface area contributed by atoms with Gasteiger partial charge in [0.15, 0.2) is 11.4 Å². The highest BCUT2D eigenvalue weighted by atomic mass is 79.9. The van der Waals surface area contributed by atoms with Crippen molar-refractivity contribution in [3.8, 4) is 0 Å². The molecule has 0 aliphatic carbocycles. The molecule has 1 unspecified atom stereocenters. The van der Waals surface area contributed by atoms with Crippen molar-refractivity contribution in [1.82, 2.24) is 4.98 Å². The fourth-order valence-corrected chi connectivity index (χ4v) is 3.62. The smallest absolute Gasteiger partial charge is 0.346 e. The molecule has 1 aliphatic heterocycles. The number of ether oxygens (including phenoxy) is 1. The lowest BCUT2D eigenvalue weighted by Gasteiger charge is -2.24. The molecule has 1 atom stereocenters. The maximum Gasteiger partial charge on any atom is 0.431 e. The van der Waals surface area contributed by atoms with Gasteiger partial charge >= 0.3 is 6.18 Å². The van der Waals surface area contributed by atoms with Gasteiger partial charge in [0.05, 0.1) is 20.7 Å². The Balaban J connectivity index is 1.71. The number of alkyl halides is 3. The predicted molar refractivity (Wildman–Crippen MR) is 100 cm³/mol. The number of anilines is 2. The third-order valence-corrected chi connectivity index (χ3v) is 5.14. The van der Waals surface area contributed by atoms with Gasteiger partial charge in [-0.25, -0.2) is 9.99 Å². The molecule has 1 aromatic carbocycles. The minimum atomic E-state index is -4.60. The molecule has 1 aliphatic rings. The van der Waals surface area contributed by atoms with Crippen molar-refractivity contribution in [2.75, 3.05) is 16.9 Å². The summed E-state index contributed by atoms with van der Waals surface area (Å²) in [5.41, 5.74) is -0.746. The van der Waals surface area contributed by atoms with Crippen molar-refractivity contribution >= 4 is 61.3 Å². The monoisotopic (exact) mass is 482 g/mol. The standard InChI is InChI=1S/C15H11BrClF3N4O2S/c16-11-6-21-14(27-11)22-12(25)7-26-13-5-10(15(18,19)20)23-24(13)9-4-2-1-3-8(9)17/h1-4,6,13H,5,7H2,(H,21,22,25). The molecule has 27 heavy (non-hydrogen) atoms. The molecule has 0 saturated heterocycles. The Morgan fingerprint density at radius 3 is 2.81 bits per heavy atom. The van der Waals surface area contributed by atoms with Crippen LogP contribution in [0.25, 0.3) is 0 Å². The van der Waals surface area contributed by atoms with Gasteiger partial charge in [0.25, 0.3) is 5.91 Å². The Labute approximate surface area is 169 Å². The summed E-state index contributed by atoms with van der Waals surface area (Å²) in [6.45, 7) is -0.469. The fraction of sp³-hybridized carbons (Fsp3) is 0.267. The Kier molecular flexibility index (Phi) is 6.04. The number of hydrazone groups is 1. The number of para-hydroxylation sites is 1. The average Bonchev–Trinajstić information content (AvgIpc) is 3.19. The number of nitrogens with zero attached hydrogens (tertiary/aromatic N) is 3. The third-order valence-electron chi connectivity index (χ3n) is 3.43. The largest absolute Gasteiger partial charge is 0.431 e. The number of halogens is 5. The van der Waals surface area contributed by atoms with E-state index in [9.17, 15) is 18.0 Å². The molecular weight excluding hydrogens is 473 g/mol. The minimum Gasteiger partial charge on any atom is -0.346 e. The molecule has 0 spiro atoms. The molecule has 3 rings (SSSR count). The maximum absolute atomic E-state index is 13.1. The van der Waals surface area contributed by atoms with Crippen molar-refractivity contribution in [1.29, 1.82) is 0 Å². The summed E-state index contributed by atoms with van der Waals surface area (Å²) in [5, 5.41) is 7.71. The summed E-state index contributed by atoms with van der Waals surface area (Å²) in [6, 6.07) is 6.31. The normalized spacial score (nSPS) is 17.1. The lowest BCUT2D eigenvalue weighted by Crippen LogP contribution is -2.33. The number of nitrogens with one attached hydrogen (secondary N) is 1. The molecule has 0 bridgehead atoms. The maximum atomic E-state index is 13.1. The van der Waals surface area contributed by atoms with E-state index in [2.05, 4.69) is 31.3 Å². The number of carbonyl (C=O) groups excluding carboxylic acids is 1. The van der Waals surface area contributed by atoms with E-state index in [1.165, 1.54) is 29.7 Å². The van der Waals surface area contributed by atoms with Crippen LogP contribution >= 0.6 is 38.9 Å². The van der Waals surface area contributed by atoms with Gasteiger partial charge in [-0.2, -0.15) is 18.3 Å². The Morgan fingerprint density at radius 1 is 1.44 bits per heavy atom. The Bertz CT molecular complexity index is 877. The quantitative estimate of drug-likeness (QED) is 0.671. The molecular formula is C15H11BrClF3N4O2S. The summed E-state index contributed by atoms with van der Waals surface area (Å²) < 4.78 is 45.3. The first-order valence-electron chi connectivity index (χ1n) is 7.45. The summed E-state index contributed by atoms with van der Waals surface area (Å²) in [5.74, 6) is -0.545. The predicted octanol–water partition coefficient (Wildman–Crippen LogP) is 4.67. The average molecular weight is 484 g/mol. The van der Waals surface area contributed by atoms with E-state index in [-0.39, 0.29) is 10.7 Å². The number of amides is 1. The van der Waals surface area contributed by atoms with E-state index < -0.39 is 37.1 Å². The van der Waals surface area contributed by atoms with Crippen LogP contribution in [0.1, 0.15) is 6.42 Å². The summed E-state index contributed by atoms with van der Waals surface area (Å²) >= 11 is 10.5. The Hall–Kier alpha value is -1.69. The van der Waals surface area contributed by atoms with Crippen LogP contribution in [-0.2, 0) is 9.53 Å². The fourth-order valence-electron chi connectivity index (χ4n) is 2.28. The van der Waals surface area contributed by atoms with Crippen LogP contribution in [0.2, 0.25) is 5.02 Å². The second-order valence-corrected chi connectivity index (χ2v) is 8.15. The van der Waals surface area contributed by atoms with E-state index in [1.807, 2.05) is 0 Å². The number of rotatable bonds is 5. The van der Waals surface area contributed by atoms with Crippen LogP contribution in [0.15, 0.2) is 39.4 Å². The van der Waals surface area contributed by atoms with Crippen molar-refractivity contribution in [2.45, 2.75) is 18.8 Å². The van der Waals surface area contributed by atoms with E-state index >= 15 is 0 Å². The highest BCUT2D eigenvalue weighted by Crippen LogP contribution is 2.35. The molecule has 2 heterocycles. The van der Waals surface area contributed by atoms with Crippen LogP contribution < -0.4 is 10.3 Å². The number of hydrogen-bond donors (Lipinski definition) is 1. The van der Waals surface area contributed by atoms with Gasteiger partial charge in [0.1, 0.15) is 12.3 Å². The van der Waals surface area contributed by atoms with Crippen molar-refractivity contribution in [2.24, 2.45) is 5.10 Å². The van der Waals surface area contributed by atoms with Gasteiger partial charge < -0.3 is 4.74 Å². The van der Waals surface area contributed by atoms with E-state index in [1.54, 1.807) is 12.1 Å². The first kappa shape index (κ1) is 20.1. The highest BCUT2D eigenvalue weighted by molar-refractivity contribution is 9.11. The molecule has 144 valence electrons. The second kappa shape index (κ2) is 8.13. The number of benzene rings is 1. The number of carbonyl (C=O) groups is 1. The molecule has 12 heteroatoms. The van der Waals surface area contributed by atoms with Gasteiger partial charge in [-0.1, -0.05) is 35.1 Å². The SMILES string of the molecule is O=C(COC1CC(C(F)(F)F)=NN1c1ccccc1Cl)Nc1ncc(Br)s1. The van der Waals surface area contributed by atoms with Crippen LogP contribution in [0, 0.1) is 0 Å². The lowest BCUT2D eigenvalue weighted by molar-refractivity contribution is -0.122. The van der Waals surface area contributed by atoms with Gasteiger partial charge in [-0.05, 0) is 28.1 Å². The number of thiazole rings is 1. The van der Waals surface area contributed by atoms with Crippen LogP contribution in [0.4, 0.5) is 24.0 Å². The second-order valence-electron chi connectivity index (χ2n) is 5.33. The van der Waals surface area contributed by atoms with Crippen molar-refractivity contribution in [3.63, 3.8) is 0 Å². The van der Waals surface area contributed by atoms with Crippen molar-refractivity contribution in [3.05, 3.63) is 39.3 Å². The minimum absolute atomic E-state index is 0.218. The summed E-state index contributed by atoms with van der Waals surface area (Å²) in [6.07, 6.45) is -4.73. The lowest BCUT2D eigenvalue weighted by atomic mass is 10.2.